The van der Waals surface area contributed by atoms with Crippen molar-refractivity contribution in [3.63, 3.8) is 0 Å². The molecule has 0 fully saturated rings. The van der Waals surface area contributed by atoms with Gasteiger partial charge in [0.1, 0.15) is 17.2 Å². The number of benzene rings is 1. The topological polar surface area (TPSA) is 42.5 Å². The van der Waals surface area contributed by atoms with E-state index >= 15 is 0 Å². The van der Waals surface area contributed by atoms with Crippen molar-refractivity contribution in [2.75, 3.05) is 5.32 Å². The zero-order valence-electron chi connectivity index (χ0n) is 12.2. The van der Waals surface area contributed by atoms with Gasteiger partial charge in [-0.3, -0.25) is 4.40 Å². The minimum absolute atomic E-state index is 0.878. The lowest BCUT2D eigenvalue weighted by Gasteiger charge is -2.08. The Hall–Kier alpha value is -3.01. The van der Waals surface area contributed by atoms with E-state index in [-0.39, 0.29) is 0 Å². The fourth-order valence-corrected chi connectivity index (χ4v) is 2.52. The van der Waals surface area contributed by atoms with Crippen LogP contribution < -0.4 is 5.32 Å². The summed E-state index contributed by atoms with van der Waals surface area (Å²) in [6.07, 6.45) is 5.41. The average molecular weight is 289 g/mol. The Morgan fingerprint density at radius 2 is 1.95 bits per heavy atom. The van der Waals surface area contributed by atoms with Crippen LogP contribution in [0.3, 0.4) is 0 Å². The molecule has 0 aliphatic carbocycles. The maximum Gasteiger partial charge on any atom is 0.143 e. The van der Waals surface area contributed by atoms with Crippen LogP contribution >= 0.6 is 0 Å². The summed E-state index contributed by atoms with van der Waals surface area (Å²) in [5.74, 6) is 0.933. The number of aromatic nitrogens is 2. The van der Waals surface area contributed by atoms with E-state index in [9.17, 15) is 0 Å². The number of furan rings is 1. The summed E-state index contributed by atoms with van der Waals surface area (Å²) >= 11 is 0. The molecule has 0 saturated heterocycles. The van der Waals surface area contributed by atoms with Crippen LogP contribution in [0, 0.1) is 6.92 Å². The number of hydrogen-bond donors (Lipinski definition) is 1. The van der Waals surface area contributed by atoms with Gasteiger partial charge in [0.2, 0.25) is 0 Å². The van der Waals surface area contributed by atoms with Gasteiger partial charge in [-0.2, -0.15) is 0 Å². The first-order valence-electron chi connectivity index (χ1n) is 7.14. The van der Waals surface area contributed by atoms with Crippen LogP contribution in [0.5, 0.6) is 0 Å². The van der Waals surface area contributed by atoms with Crippen molar-refractivity contribution >= 4 is 17.2 Å². The van der Waals surface area contributed by atoms with Gasteiger partial charge in [-0.15, -0.1) is 0 Å². The van der Waals surface area contributed by atoms with Crippen LogP contribution in [0.2, 0.25) is 0 Å². The molecule has 4 rings (SSSR count). The molecule has 22 heavy (non-hydrogen) atoms. The monoisotopic (exact) mass is 289 g/mol. The number of imidazole rings is 1. The van der Waals surface area contributed by atoms with Gasteiger partial charge in [0, 0.05) is 17.4 Å². The molecule has 0 saturated carbocycles. The molecule has 0 aliphatic heterocycles. The Bertz CT molecular complexity index is 908. The van der Waals surface area contributed by atoms with Crippen molar-refractivity contribution in [1.82, 2.24) is 9.38 Å². The van der Waals surface area contributed by atoms with E-state index < -0.39 is 0 Å². The summed E-state index contributed by atoms with van der Waals surface area (Å²) < 4.78 is 7.27. The summed E-state index contributed by atoms with van der Waals surface area (Å²) in [7, 11) is 0. The summed E-state index contributed by atoms with van der Waals surface area (Å²) in [5, 5.41) is 3.46. The number of nitrogens with zero attached hydrogens (tertiary/aromatic N) is 2. The quantitative estimate of drug-likeness (QED) is 0.597. The number of nitrogens with one attached hydrogen (secondary N) is 1. The molecule has 0 radical (unpaired) electrons. The predicted octanol–water partition coefficient (Wildman–Crippen LogP) is 4.65. The third kappa shape index (κ3) is 2.15. The summed E-state index contributed by atoms with van der Waals surface area (Å²) in [6.45, 7) is 2.07. The molecule has 0 bridgehead atoms. The van der Waals surface area contributed by atoms with Gasteiger partial charge in [-0.1, -0.05) is 18.2 Å². The molecule has 0 unspecified atom stereocenters. The molecule has 0 aliphatic rings. The van der Waals surface area contributed by atoms with Crippen LogP contribution in [0.4, 0.5) is 11.5 Å². The van der Waals surface area contributed by atoms with Crippen LogP contribution in [-0.4, -0.2) is 9.38 Å². The molecule has 1 aromatic carbocycles. The predicted molar refractivity (Wildman–Crippen MR) is 87.4 cm³/mol. The minimum Gasteiger partial charge on any atom is -0.472 e. The number of hydrogen-bond acceptors (Lipinski definition) is 3. The van der Waals surface area contributed by atoms with Crippen molar-refractivity contribution in [2.45, 2.75) is 6.92 Å². The fourth-order valence-electron chi connectivity index (χ4n) is 2.52. The first-order valence-corrected chi connectivity index (χ1v) is 7.14. The number of aryl methyl sites for hydroxylation is 1. The van der Waals surface area contributed by atoms with Crippen LogP contribution in [0.15, 0.2) is 71.7 Å². The molecular weight excluding hydrogens is 274 g/mol. The van der Waals surface area contributed by atoms with Crippen molar-refractivity contribution in [1.29, 1.82) is 0 Å². The second kappa shape index (κ2) is 5.07. The SMILES string of the molecule is Cc1ccn2c(Nc3ccccc3)c(-c3ccoc3)nc2c1. The molecule has 3 heterocycles. The van der Waals surface area contributed by atoms with E-state index in [1.807, 2.05) is 42.6 Å². The molecule has 1 N–H and O–H groups in total. The van der Waals surface area contributed by atoms with Crippen LogP contribution in [-0.2, 0) is 0 Å². The minimum atomic E-state index is 0.878. The molecule has 108 valence electrons. The fraction of sp³-hybridized carbons (Fsp3) is 0.0556. The van der Waals surface area contributed by atoms with E-state index in [0.717, 1.165) is 28.4 Å². The smallest absolute Gasteiger partial charge is 0.143 e. The number of anilines is 2. The molecule has 4 nitrogen and oxygen atoms in total. The largest absolute Gasteiger partial charge is 0.472 e. The van der Waals surface area contributed by atoms with Gasteiger partial charge in [0.05, 0.1) is 12.5 Å². The van der Waals surface area contributed by atoms with E-state index in [2.05, 4.69) is 28.8 Å². The van der Waals surface area contributed by atoms with Crippen molar-refractivity contribution in [2.24, 2.45) is 0 Å². The van der Waals surface area contributed by atoms with E-state index in [1.54, 1.807) is 12.5 Å². The molecule has 4 aromatic rings. The second-order valence-corrected chi connectivity index (χ2v) is 5.24. The molecule has 0 atom stereocenters. The van der Waals surface area contributed by atoms with Crippen LogP contribution in [0.25, 0.3) is 16.9 Å². The average Bonchev–Trinajstić information content (AvgIpc) is 3.16. The second-order valence-electron chi connectivity index (χ2n) is 5.24. The molecule has 3 aromatic heterocycles. The van der Waals surface area contributed by atoms with Gasteiger partial charge in [-0.25, -0.2) is 4.98 Å². The third-order valence-corrected chi connectivity index (χ3v) is 3.61. The maximum atomic E-state index is 5.22. The van der Waals surface area contributed by atoms with Gasteiger partial charge < -0.3 is 9.73 Å². The first kappa shape index (κ1) is 12.7. The Morgan fingerprint density at radius 3 is 2.73 bits per heavy atom. The highest BCUT2D eigenvalue weighted by atomic mass is 16.3. The molecule has 0 amide bonds. The number of rotatable bonds is 3. The summed E-state index contributed by atoms with van der Waals surface area (Å²) in [6, 6.07) is 16.1. The normalized spacial score (nSPS) is 11.0. The van der Waals surface area contributed by atoms with E-state index in [0.29, 0.717) is 0 Å². The Labute approximate surface area is 128 Å². The molecule has 4 heteroatoms. The van der Waals surface area contributed by atoms with Crippen molar-refractivity contribution < 1.29 is 4.42 Å². The zero-order valence-corrected chi connectivity index (χ0v) is 12.2. The van der Waals surface area contributed by atoms with Gasteiger partial charge >= 0.3 is 0 Å². The van der Waals surface area contributed by atoms with Gasteiger partial charge in [-0.05, 0) is 42.8 Å². The third-order valence-electron chi connectivity index (χ3n) is 3.61. The number of fused-ring (bicyclic) bond motifs is 1. The molecule has 0 spiro atoms. The standard InChI is InChI=1S/C18H15N3O/c1-13-7-9-21-16(11-13)20-17(14-8-10-22-12-14)18(21)19-15-5-3-2-4-6-15/h2-12,19H,1H3. The lowest BCUT2D eigenvalue weighted by Crippen LogP contribution is -1.96. The zero-order chi connectivity index (χ0) is 14.9. The highest BCUT2D eigenvalue weighted by Crippen LogP contribution is 2.31. The lowest BCUT2D eigenvalue weighted by molar-refractivity contribution is 0.568. The number of pyridine rings is 1. The van der Waals surface area contributed by atoms with Crippen molar-refractivity contribution in [3.05, 3.63) is 72.8 Å². The Balaban J connectivity index is 1.92. The van der Waals surface area contributed by atoms with Crippen molar-refractivity contribution in [3.8, 4) is 11.3 Å². The highest BCUT2D eigenvalue weighted by Gasteiger charge is 2.15. The lowest BCUT2D eigenvalue weighted by atomic mass is 10.2. The van der Waals surface area contributed by atoms with Gasteiger partial charge in [0.15, 0.2) is 0 Å². The Kier molecular flexibility index (Phi) is 2.93. The summed E-state index contributed by atoms with van der Waals surface area (Å²) in [5.41, 5.74) is 4.95. The van der Waals surface area contributed by atoms with Gasteiger partial charge in [0.25, 0.3) is 0 Å². The maximum absolute atomic E-state index is 5.22. The Morgan fingerprint density at radius 1 is 1.09 bits per heavy atom. The number of para-hydroxylation sites is 1. The summed E-state index contributed by atoms with van der Waals surface area (Å²) in [4.78, 5) is 4.75. The molecular formula is C18H15N3O. The van der Waals surface area contributed by atoms with E-state index in [1.165, 1.54) is 5.56 Å². The highest BCUT2D eigenvalue weighted by molar-refractivity contribution is 5.79. The van der Waals surface area contributed by atoms with Crippen LogP contribution in [0.1, 0.15) is 5.56 Å². The first-order chi connectivity index (χ1) is 10.8. The van der Waals surface area contributed by atoms with E-state index in [4.69, 9.17) is 9.40 Å².